The molecule has 1 aromatic carbocycles. The maximum Gasteiger partial charge on any atom is 0.169 e. The van der Waals surface area contributed by atoms with Crippen molar-refractivity contribution in [1.82, 2.24) is 0 Å². The lowest BCUT2D eigenvalue weighted by atomic mass is 9.46. The summed E-state index contributed by atoms with van der Waals surface area (Å²) in [6, 6.07) is 8.04. The van der Waals surface area contributed by atoms with Gasteiger partial charge in [0.05, 0.1) is 6.61 Å². The van der Waals surface area contributed by atoms with Gasteiger partial charge in [-0.15, -0.1) is 0 Å². The molecule has 0 aliphatic heterocycles. The highest BCUT2D eigenvalue weighted by atomic mass is 79.9. The fourth-order valence-corrected chi connectivity index (χ4v) is 8.40. The third-order valence-corrected chi connectivity index (χ3v) is 10.8. The van der Waals surface area contributed by atoms with Gasteiger partial charge in [-0.1, -0.05) is 53.6 Å². The molecule has 3 saturated carbocycles. The standard InChI is InChI=1S/C28H37BrO4/c1-18(30)28(32)13-11-24-22-9-6-20-16-27(31,33-17-19-4-7-21(29)8-5-19)15-14-25(20,2)23(22)10-12-26(24,28)3/h4-8,22-24,31-32H,9-17H2,1-3H3/t22-,23+,24+,25+,26+,27-,28+/m1/s1. The smallest absolute Gasteiger partial charge is 0.169 e. The summed E-state index contributed by atoms with van der Waals surface area (Å²) in [5.41, 5.74) is 0.987. The molecular weight excluding hydrogens is 480 g/mol. The Bertz CT molecular complexity index is 973. The average molecular weight is 518 g/mol. The van der Waals surface area contributed by atoms with Crippen LogP contribution in [0.4, 0.5) is 0 Å². The zero-order chi connectivity index (χ0) is 23.6. The van der Waals surface area contributed by atoms with E-state index in [-0.39, 0.29) is 16.6 Å². The topological polar surface area (TPSA) is 66.8 Å². The first-order valence-electron chi connectivity index (χ1n) is 12.5. The van der Waals surface area contributed by atoms with E-state index in [9.17, 15) is 15.0 Å². The number of benzene rings is 1. The Morgan fingerprint density at radius 1 is 1.06 bits per heavy atom. The fourth-order valence-electron chi connectivity index (χ4n) is 8.13. The van der Waals surface area contributed by atoms with Gasteiger partial charge >= 0.3 is 0 Å². The molecule has 5 heteroatoms. The summed E-state index contributed by atoms with van der Waals surface area (Å²) >= 11 is 3.46. The number of allylic oxidation sites excluding steroid dienone is 1. The highest BCUT2D eigenvalue weighted by Crippen LogP contribution is 2.67. The van der Waals surface area contributed by atoms with Crippen molar-refractivity contribution in [3.8, 4) is 0 Å². The molecule has 0 aromatic heterocycles. The molecule has 0 heterocycles. The number of ether oxygens (including phenoxy) is 1. The van der Waals surface area contributed by atoms with Crippen molar-refractivity contribution >= 4 is 21.7 Å². The van der Waals surface area contributed by atoms with Crippen LogP contribution in [0, 0.1) is 28.6 Å². The van der Waals surface area contributed by atoms with Gasteiger partial charge in [-0.3, -0.25) is 4.79 Å². The molecule has 4 nitrogen and oxygen atoms in total. The van der Waals surface area contributed by atoms with E-state index >= 15 is 0 Å². The number of halogens is 1. The van der Waals surface area contributed by atoms with Gasteiger partial charge in [0.1, 0.15) is 5.60 Å². The summed E-state index contributed by atoms with van der Waals surface area (Å²) in [4.78, 5) is 12.4. The molecule has 0 spiro atoms. The number of fused-ring (bicyclic) bond motifs is 5. The molecule has 180 valence electrons. The number of carbonyl (C=O) groups excluding carboxylic acids is 1. The molecule has 0 saturated heterocycles. The van der Waals surface area contributed by atoms with Crippen molar-refractivity contribution in [3.63, 3.8) is 0 Å². The van der Waals surface area contributed by atoms with Gasteiger partial charge in [0.2, 0.25) is 0 Å². The van der Waals surface area contributed by atoms with E-state index < -0.39 is 11.4 Å². The molecular formula is C28H37BrO4. The van der Waals surface area contributed by atoms with Gasteiger partial charge in [0.15, 0.2) is 11.6 Å². The summed E-state index contributed by atoms with van der Waals surface area (Å²) < 4.78 is 7.13. The van der Waals surface area contributed by atoms with Crippen molar-refractivity contribution in [1.29, 1.82) is 0 Å². The quantitative estimate of drug-likeness (QED) is 0.384. The first-order valence-corrected chi connectivity index (χ1v) is 13.3. The van der Waals surface area contributed by atoms with Crippen LogP contribution in [0.2, 0.25) is 0 Å². The van der Waals surface area contributed by atoms with Gasteiger partial charge in [-0.25, -0.2) is 0 Å². The van der Waals surface area contributed by atoms with E-state index in [1.807, 2.05) is 24.3 Å². The van der Waals surface area contributed by atoms with E-state index in [1.165, 1.54) is 5.57 Å². The summed E-state index contributed by atoms with van der Waals surface area (Å²) in [6.07, 6.45) is 8.95. The molecule has 3 fully saturated rings. The second-order valence-electron chi connectivity index (χ2n) is 11.7. The van der Waals surface area contributed by atoms with Crippen LogP contribution in [0.25, 0.3) is 0 Å². The Hall–Kier alpha value is -1.01. The summed E-state index contributed by atoms with van der Waals surface area (Å²) in [7, 11) is 0. The molecule has 0 unspecified atom stereocenters. The second kappa shape index (κ2) is 8.01. The molecule has 33 heavy (non-hydrogen) atoms. The number of aliphatic hydroxyl groups is 2. The summed E-state index contributed by atoms with van der Waals surface area (Å²) in [5.74, 6) is 0.252. The zero-order valence-corrected chi connectivity index (χ0v) is 21.7. The van der Waals surface area contributed by atoms with Crippen LogP contribution in [0.5, 0.6) is 0 Å². The minimum Gasteiger partial charge on any atom is -0.382 e. The predicted molar refractivity (Wildman–Crippen MR) is 131 cm³/mol. The number of hydrogen-bond donors (Lipinski definition) is 2. The van der Waals surface area contributed by atoms with Gasteiger partial charge in [-0.2, -0.15) is 0 Å². The van der Waals surface area contributed by atoms with Crippen molar-refractivity contribution in [2.45, 2.75) is 90.1 Å². The number of Topliss-reactive ketones (excluding diaryl/α,β-unsaturated/α-hetero) is 1. The Morgan fingerprint density at radius 3 is 2.45 bits per heavy atom. The molecule has 4 aliphatic carbocycles. The van der Waals surface area contributed by atoms with Gasteiger partial charge in [0.25, 0.3) is 0 Å². The average Bonchev–Trinajstić information content (AvgIpc) is 3.06. The summed E-state index contributed by atoms with van der Waals surface area (Å²) in [6.45, 7) is 6.53. The Balaban J connectivity index is 1.34. The molecule has 5 rings (SSSR count). The normalized spacial score (nSPS) is 44.4. The van der Waals surface area contributed by atoms with Crippen LogP contribution in [0.3, 0.4) is 0 Å². The molecule has 0 bridgehead atoms. The fraction of sp³-hybridized carbons (Fsp3) is 0.679. The molecule has 0 amide bonds. The molecule has 1 aromatic rings. The van der Waals surface area contributed by atoms with E-state index in [0.717, 1.165) is 42.1 Å². The van der Waals surface area contributed by atoms with Crippen LogP contribution in [0.15, 0.2) is 40.4 Å². The Kier molecular flexibility index (Phi) is 5.76. The maximum atomic E-state index is 12.4. The minimum absolute atomic E-state index is 0.0603. The van der Waals surface area contributed by atoms with Crippen LogP contribution < -0.4 is 0 Å². The molecule has 0 radical (unpaired) electrons. The lowest BCUT2D eigenvalue weighted by Crippen LogP contribution is -2.57. The second-order valence-corrected chi connectivity index (χ2v) is 12.6. The molecule has 2 N–H and O–H groups in total. The van der Waals surface area contributed by atoms with E-state index in [4.69, 9.17) is 4.74 Å². The number of carbonyl (C=O) groups is 1. The zero-order valence-electron chi connectivity index (χ0n) is 20.1. The third-order valence-electron chi connectivity index (χ3n) is 10.3. The molecule has 7 atom stereocenters. The third kappa shape index (κ3) is 3.61. The number of rotatable bonds is 4. The van der Waals surface area contributed by atoms with Gasteiger partial charge in [0, 0.05) is 22.7 Å². The van der Waals surface area contributed by atoms with Crippen LogP contribution in [0.1, 0.15) is 77.7 Å². The lowest BCUT2D eigenvalue weighted by molar-refractivity contribution is -0.232. The SMILES string of the molecule is CC(=O)[C@@]1(O)CC[C@H]2[C@@H]3CC=C4C[C@](O)(OCc5ccc(Br)cc5)CC[C@]4(C)[C@H]3CC[C@@]21C. The van der Waals surface area contributed by atoms with E-state index in [0.29, 0.717) is 43.6 Å². The van der Waals surface area contributed by atoms with E-state index in [2.05, 4.69) is 35.9 Å². The van der Waals surface area contributed by atoms with Gasteiger partial charge < -0.3 is 14.9 Å². The highest BCUT2D eigenvalue weighted by Gasteiger charge is 2.65. The molecule has 4 aliphatic rings. The first kappa shape index (κ1) is 23.7. The van der Waals surface area contributed by atoms with Crippen molar-refractivity contribution in [2.24, 2.45) is 28.6 Å². The largest absolute Gasteiger partial charge is 0.382 e. The minimum atomic E-state index is -1.17. The van der Waals surface area contributed by atoms with Crippen LogP contribution in [-0.2, 0) is 16.1 Å². The lowest BCUT2D eigenvalue weighted by Gasteiger charge is -2.59. The summed E-state index contributed by atoms with van der Waals surface area (Å²) in [5, 5.41) is 22.6. The predicted octanol–water partition coefficient (Wildman–Crippen LogP) is 5.94. The van der Waals surface area contributed by atoms with Crippen LogP contribution >= 0.6 is 15.9 Å². The van der Waals surface area contributed by atoms with E-state index in [1.54, 1.807) is 6.92 Å². The maximum absolute atomic E-state index is 12.4. The number of hydrogen-bond acceptors (Lipinski definition) is 4. The number of ketones is 1. The van der Waals surface area contributed by atoms with Crippen molar-refractivity contribution in [2.75, 3.05) is 0 Å². The van der Waals surface area contributed by atoms with Gasteiger partial charge in [-0.05, 0) is 86.3 Å². The Morgan fingerprint density at radius 2 is 1.76 bits per heavy atom. The van der Waals surface area contributed by atoms with Crippen LogP contribution in [-0.4, -0.2) is 27.4 Å². The Labute approximate surface area is 205 Å². The highest BCUT2D eigenvalue weighted by molar-refractivity contribution is 9.10. The van der Waals surface area contributed by atoms with Crippen molar-refractivity contribution in [3.05, 3.63) is 46.0 Å². The first-order chi connectivity index (χ1) is 15.5. The van der Waals surface area contributed by atoms with Crippen molar-refractivity contribution < 1.29 is 19.7 Å². The monoisotopic (exact) mass is 516 g/mol.